The fraction of sp³-hybridized carbons (Fsp3) is 0.391. The minimum Gasteiger partial charge on any atom is -0.465 e. The number of hydrogen-bond donors (Lipinski definition) is 1. The number of carbonyl (C=O) groups excluding carboxylic acids is 1. The van der Waals surface area contributed by atoms with Crippen molar-refractivity contribution in [3.8, 4) is 5.69 Å². The standard InChI is InChI=1S/C23H25N3O3/c1-28-15-22-13-23(22,10-11-24-14-22)17-6-8-18(9-7-17)26-12-16-4-3-5-19(20(16)25-26)21(27)29-2/h3-9,12,24H,10-11,13-15H2,1-2H3. The lowest BCUT2D eigenvalue weighted by atomic mass is 9.81. The Morgan fingerprint density at radius 1 is 1.21 bits per heavy atom. The first-order valence-electron chi connectivity index (χ1n) is 10.00. The number of nitrogens with zero attached hydrogens (tertiary/aromatic N) is 2. The molecule has 0 amide bonds. The number of rotatable bonds is 5. The molecule has 1 aromatic heterocycles. The molecule has 2 atom stereocenters. The number of nitrogens with one attached hydrogen (secondary N) is 1. The number of methoxy groups -OCH3 is 2. The fourth-order valence-corrected chi connectivity index (χ4v) is 5.20. The fourth-order valence-electron chi connectivity index (χ4n) is 5.20. The topological polar surface area (TPSA) is 65.4 Å². The molecule has 0 bridgehead atoms. The Morgan fingerprint density at radius 2 is 2.03 bits per heavy atom. The molecule has 150 valence electrons. The second kappa shape index (κ2) is 6.68. The Labute approximate surface area is 169 Å². The summed E-state index contributed by atoms with van der Waals surface area (Å²) in [5.41, 5.74) is 3.94. The number of ether oxygens (including phenoxy) is 2. The van der Waals surface area contributed by atoms with Crippen molar-refractivity contribution in [1.29, 1.82) is 0 Å². The van der Waals surface area contributed by atoms with Crippen LogP contribution in [0.2, 0.25) is 0 Å². The predicted octanol–water partition coefficient (Wildman–Crippen LogP) is 3.08. The normalized spacial score (nSPS) is 25.6. The highest BCUT2D eigenvalue weighted by Crippen LogP contribution is 2.67. The molecule has 2 heterocycles. The molecular weight excluding hydrogens is 366 g/mol. The zero-order chi connectivity index (χ0) is 20.1. The largest absolute Gasteiger partial charge is 0.465 e. The number of fused-ring (bicyclic) bond motifs is 2. The van der Waals surface area contributed by atoms with Gasteiger partial charge in [0.15, 0.2) is 0 Å². The first-order valence-corrected chi connectivity index (χ1v) is 10.00. The molecule has 0 radical (unpaired) electrons. The van der Waals surface area contributed by atoms with Crippen molar-refractivity contribution in [1.82, 2.24) is 15.1 Å². The third-order valence-corrected chi connectivity index (χ3v) is 6.77. The molecular formula is C23H25N3O3. The summed E-state index contributed by atoms with van der Waals surface area (Å²) in [6.07, 6.45) is 4.27. The van der Waals surface area contributed by atoms with Gasteiger partial charge in [0.2, 0.25) is 0 Å². The summed E-state index contributed by atoms with van der Waals surface area (Å²) in [4.78, 5) is 12.0. The van der Waals surface area contributed by atoms with Gasteiger partial charge >= 0.3 is 5.97 Å². The summed E-state index contributed by atoms with van der Waals surface area (Å²) < 4.78 is 12.3. The van der Waals surface area contributed by atoms with Crippen LogP contribution in [0.25, 0.3) is 16.6 Å². The Balaban J connectivity index is 1.48. The van der Waals surface area contributed by atoms with Crippen molar-refractivity contribution in [2.45, 2.75) is 18.3 Å². The van der Waals surface area contributed by atoms with Crippen molar-refractivity contribution in [2.24, 2.45) is 5.41 Å². The molecule has 1 saturated carbocycles. The summed E-state index contributed by atoms with van der Waals surface area (Å²) in [6, 6.07) is 14.2. The number of aromatic nitrogens is 2. The quantitative estimate of drug-likeness (QED) is 0.677. The van der Waals surface area contributed by atoms with Crippen LogP contribution >= 0.6 is 0 Å². The van der Waals surface area contributed by atoms with Gasteiger partial charge in [-0.2, -0.15) is 5.10 Å². The van der Waals surface area contributed by atoms with Gasteiger partial charge in [-0.25, -0.2) is 9.48 Å². The lowest BCUT2D eigenvalue weighted by molar-refractivity contribution is 0.0602. The van der Waals surface area contributed by atoms with Gasteiger partial charge in [-0.1, -0.05) is 24.3 Å². The van der Waals surface area contributed by atoms with Crippen LogP contribution in [0.15, 0.2) is 48.7 Å². The van der Waals surface area contributed by atoms with Crippen LogP contribution in [0.5, 0.6) is 0 Å². The minimum atomic E-state index is -0.371. The lowest BCUT2D eigenvalue weighted by Gasteiger charge is -2.31. The number of esters is 1. The second-order valence-corrected chi connectivity index (χ2v) is 8.25. The molecule has 6 heteroatoms. The Morgan fingerprint density at radius 3 is 2.79 bits per heavy atom. The molecule has 5 rings (SSSR count). The van der Waals surface area contributed by atoms with E-state index in [1.54, 1.807) is 13.2 Å². The number of piperidine rings is 1. The first-order chi connectivity index (χ1) is 14.1. The van der Waals surface area contributed by atoms with Crippen LogP contribution < -0.4 is 5.32 Å². The molecule has 3 aromatic rings. The van der Waals surface area contributed by atoms with Gasteiger partial charge in [0.05, 0.1) is 25.0 Å². The monoisotopic (exact) mass is 391 g/mol. The molecule has 0 spiro atoms. The molecule has 2 fully saturated rings. The molecule has 2 aliphatic rings. The van der Waals surface area contributed by atoms with Crippen molar-refractivity contribution < 1.29 is 14.3 Å². The number of carbonyl (C=O) groups is 1. The molecule has 1 N–H and O–H groups in total. The zero-order valence-corrected chi connectivity index (χ0v) is 16.8. The van der Waals surface area contributed by atoms with Gasteiger partial charge in [-0.3, -0.25) is 0 Å². The van der Waals surface area contributed by atoms with E-state index in [2.05, 4.69) is 34.7 Å². The number of benzene rings is 2. The Bertz CT molecular complexity index is 1070. The highest BCUT2D eigenvalue weighted by Gasteiger charge is 2.68. The van der Waals surface area contributed by atoms with Gasteiger partial charge in [0, 0.05) is 36.1 Å². The minimum absolute atomic E-state index is 0.220. The molecule has 2 aromatic carbocycles. The van der Waals surface area contributed by atoms with E-state index in [1.165, 1.54) is 19.1 Å². The Kier molecular flexibility index (Phi) is 4.22. The first kappa shape index (κ1) is 18.3. The molecule has 6 nitrogen and oxygen atoms in total. The van der Waals surface area contributed by atoms with Gasteiger partial charge in [-0.05, 0) is 43.1 Å². The maximum atomic E-state index is 12.0. The van der Waals surface area contributed by atoms with Crippen LogP contribution in [-0.2, 0) is 14.9 Å². The highest BCUT2D eigenvalue weighted by atomic mass is 16.5. The SMILES string of the molecule is COCC12CNCCC1(c1ccc(-n3cc4cccc(C(=O)OC)c4n3)cc1)C2. The molecule has 1 aliphatic heterocycles. The van der Waals surface area contributed by atoms with Crippen molar-refractivity contribution in [3.05, 3.63) is 59.8 Å². The van der Waals surface area contributed by atoms with E-state index in [4.69, 9.17) is 9.47 Å². The van der Waals surface area contributed by atoms with E-state index >= 15 is 0 Å². The smallest absolute Gasteiger partial charge is 0.340 e. The van der Waals surface area contributed by atoms with Crippen molar-refractivity contribution in [3.63, 3.8) is 0 Å². The third kappa shape index (κ3) is 2.70. The van der Waals surface area contributed by atoms with Crippen LogP contribution in [0.3, 0.4) is 0 Å². The molecule has 29 heavy (non-hydrogen) atoms. The van der Waals surface area contributed by atoms with E-state index < -0.39 is 0 Å². The highest BCUT2D eigenvalue weighted by molar-refractivity contribution is 6.02. The molecule has 1 saturated heterocycles. The van der Waals surface area contributed by atoms with Crippen LogP contribution in [0, 0.1) is 5.41 Å². The second-order valence-electron chi connectivity index (χ2n) is 8.25. The van der Waals surface area contributed by atoms with E-state index in [1.807, 2.05) is 23.0 Å². The summed E-state index contributed by atoms with van der Waals surface area (Å²) in [6.45, 7) is 2.86. The molecule has 1 aliphatic carbocycles. The Hall–Kier alpha value is -2.70. The van der Waals surface area contributed by atoms with E-state index in [9.17, 15) is 4.79 Å². The van der Waals surface area contributed by atoms with Crippen LogP contribution in [-0.4, -0.2) is 49.7 Å². The zero-order valence-electron chi connectivity index (χ0n) is 16.8. The van der Waals surface area contributed by atoms with Gasteiger partial charge < -0.3 is 14.8 Å². The summed E-state index contributed by atoms with van der Waals surface area (Å²) in [5, 5.41) is 9.10. The van der Waals surface area contributed by atoms with Crippen molar-refractivity contribution >= 4 is 16.9 Å². The van der Waals surface area contributed by atoms with Gasteiger partial charge in [0.1, 0.15) is 5.52 Å². The number of hydrogen-bond acceptors (Lipinski definition) is 5. The van der Waals surface area contributed by atoms with Crippen LogP contribution in [0.4, 0.5) is 0 Å². The maximum absolute atomic E-state index is 12.0. The van der Waals surface area contributed by atoms with E-state index in [0.717, 1.165) is 37.2 Å². The lowest BCUT2D eigenvalue weighted by Crippen LogP contribution is -2.40. The summed E-state index contributed by atoms with van der Waals surface area (Å²) in [5.74, 6) is -0.371. The van der Waals surface area contributed by atoms with Gasteiger partial charge in [-0.15, -0.1) is 0 Å². The van der Waals surface area contributed by atoms with Crippen LogP contribution in [0.1, 0.15) is 28.8 Å². The van der Waals surface area contributed by atoms with E-state index in [-0.39, 0.29) is 16.8 Å². The maximum Gasteiger partial charge on any atom is 0.340 e. The molecule has 2 unspecified atom stereocenters. The van der Waals surface area contributed by atoms with Gasteiger partial charge in [0.25, 0.3) is 0 Å². The van der Waals surface area contributed by atoms with Crippen molar-refractivity contribution in [2.75, 3.05) is 33.9 Å². The summed E-state index contributed by atoms with van der Waals surface area (Å²) in [7, 11) is 3.18. The summed E-state index contributed by atoms with van der Waals surface area (Å²) >= 11 is 0. The van der Waals surface area contributed by atoms with E-state index in [0.29, 0.717) is 11.1 Å². The third-order valence-electron chi connectivity index (χ3n) is 6.77. The predicted molar refractivity (Wildman–Crippen MR) is 111 cm³/mol. The average Bonchev–Trinajstić information content (AvgIpc) is 3.24. The average molecular weight is 391 g/mol.